The summed E-state index contributed by atoms with van der Waals surface area (Å²) >= 11 is 0. The van der Waals surface area contributed by atoms with E-state index in [9.17, 15) is 13.6 Å². The predicted molar refractivity (Wildman–Crippen MR) is 110 cm³/mol. The summed E-state index contributed by atoms with van der Waals surface area (Å²) < 4.78 is 31.2. The lowest BCUT2D eigenvalue weighted by atomic mass is 10.0. The van der Waals surface area contributed by atoms with Crippen LogP contribution >= 0.6 is 0 Å². The second-order valence-electron chi connectivity index (χ2n) is 7.06. The van der Waals surface area contributed by atoms with Gasteiger partial charge in [0, 0.05) is 24.2 Å². The lowest BCUT2D eigenvalue weighted by Gasteiger charge is -2.15. The number of aryl methyl sites for hydroxylation is 2. The number of rotatable bonds is 3. The van der Waals surface area contributed by atoms with Gasteiger partial charge in [0.05, 0.1) is 28.6 Å². The molecule has 7 heteroatoms. The standard InChI is InChI=1S/C23H18F2N4O/c1-4-19-20(17-10-9-16(24)11-18(17)25)22-28(3)21(13(2)23(30)29(22)27-19)15-7-5-14(12-26)6-8-15/h5-11H,4H2,1-3H3. The van der Waals surface area contributed by atoms with Crippen molar-refractivity contribution in [1.82, 2.24) is 14.2 Å². The Kier molecular flexibility index (Phi) is 4.70. The van der Waals surface area contributed by atoms with E-state index in [1.165, 1.54) is 16.6 Å². The first-order chi connectivity index (χ1) is 14.4. The minimum absolute atomic E-state index is 0.188. The average Bonchev–Trinajstić information content (AvgIpc) is 3.12. The molecule has 0 saturated carbocycles. The summed E-state index contributed by atoms with van der Waals surface area (Å²) in [7, 11) is 1.78. The van der Waals surface area contributed by atoms with E-state index < -0.39 is 11.6 Å². The summed E-state index contributed by atoms with van der Waals surface area (Å²) in [6.45, 7) is 3.58. The van der Waals surface area contributed by atoms with Gasteiger partial charge in [-0.1, -0.05) is 19.1 Å². The van der Waals surface area contributed by atoms with Gasteiger partial charge in [0.25, 0.3) is 5.56 Å². The molecule has 0 saturated heterocycles. The Morgan fingerprint density at radius 1 is 1.13 bits per heavy atom. The van der Waals surface area contributed by atoms with E-state index in [-0.39, 0.29) is 11.1 Å². The van der Waals surface area contributed by atoms with Crippen LogP contribution in [-0.2, 0) is 13.5 Å². The van der Waals surface area contributed by atoms with E-state index in [0.29, 0.717) is 40.1 Å². The first-order valence-electron chi connectivity index (χ1n) is 9.44. The van der Waals surface area contributed by atoms with Crippen LogP contribution in [0, 0.1) is 29.9 Å². The van der Waals surface area contributed by atoms with Gasteiger partial charge in [-0.25, -0.2) is 8.78 Å². The van der Waals surface area contributed by atoms with Gasteiger partial charge in [-0.15, -0.1) is 0 Å². The van der Waals surface area contributed by atoms with Gasteiger partial charge in [-0.05, 0) is 43.2 Å². The van der Waals surface area contributed by atoms with Crippen molar-refractivity contribution in [2.45, 2.75) is 20.3 Å². The molecule has 0 atom stereocenters. The van der Waals surface area contributed by atoms with Gasteiger partial charge in [-0.3, -0.25) is 4.79 Å². The van der Waals surface area contributed by atoms with Crippen LogP contribution in [0.25, 0.3) is 28.0 Å². The molecule has 0 aliphatic heterocycles. The molecule has 0 N–H and O–H groups in total. The quantitative estimate of drug-likeness (QED) is 0.509. The number of aromatic nitrogens is 3. The zero-order valence-corrected chi connectivity index (χ0v) is 16.7. The summed E-state index contributed by atoms with van der Waals surface area (Å²) in [5.41, 5.74) is 3.68. The number of halogens is 2. The molecule has 4 aromatic rings. The van der Waals surface area contributed by atoms with Crippen LogP contribution < -0.4 is 5.56 Å². The minimum atomic E-state index is -0.715. The topological polar surface area (TPSA) is 63.1 Å². The Hall–Kier alpha value is -3.79. The smallest absolute Gasteiger partial charge is 0.277 e. The summed E-state index contributed by atoms with van der Waals surface area (Å²) in [4.78, 5) is 13.1. The molecular weight excluding hydrogens is 386 g/mol. The van der Waals surface area contributed by atoms with Crippen molar-refractivity contribution in [2.24, 2.45) is 7.05 Å². The fraction of sp³-hybridized carbons (Fsp3) is 0.174. The van der Waals surface area contributed by atoms with Crippen LogP contribution in [0.2, 0.25) is 0 Å². The molecule has 150 valence electrons. The number of fused-ring (bicyclic) bond motifs is 1. The zero-order valence-electron chi connectivity index (χ0n) is 16.7. The third-order valence-electron chi connectivity index (χ3n) is 5.28. The Labute approximate surface area is 171 Å². The number of nitriles is 1. The molecule has 0 aliphatic rings. The molecule has 0 unspecified atom stereocenters. The molecule has 4 rings (SSSR count). The van der Waals surface area contributed by atoms with Crippen molar-refractivity contribution >= 4 is 5.65 Å². The van der Waals surface area contributed by atoms with E-state index in [2.05, 4.69) is 11.2 Å². The van der Waals surface area contributed by atoms with E-state index in [1.54, 1.807) is 42.8 Å². The highest BCUT2D eigenvalue weighted by molar-refractivity contribution is 5.83. The molecule has 0 spiro atoms. The fourth-order valence-corrected chi connectivity index (χ4v) is 3.85. The lowest BCUT2D eigenvalue weighted by molar-refractivity contribution is 0.585. The van der Waals surface area contributed by atoms with Gasteiger partial charge in [0.15, 0.2) is 0 Å². The van der Waals surface area contributed by atoms with Crippen LogP contribution in [-0.4, -0.2) is 14.2 Å². The van der Waals surface area contributed by atoms with E-state index in [0.717, 1.165) is 11.6 Å². The van der Waals surface area contributed by atoms with Gasteiger partial charge in [-0.2, -0.15) is 14.9 Å². The van der Waals surface area contributed by atoms with Crippen molar-refractivity contribution in [1.29, 1.82) is 5.26 Å². The first-order valence-corrected chi connectivity index (χ1v) is 9.44. The Balaban J connectivity index is 2.12. The molecule has 2 aromatic carbocycles. The monoisotopic (exact) mass is 404 g/mol. The van der Waals surface area contributed by atoms with Crippen LogP contribution in [0.15, 0.2) is 47.3 Å². The number of hydrogen-bond donors (Lipinski definition) is 0. The van der Waals surface area contributed by atoms with Gasteiger partial charge in [0.2, 0.25) is 0 Å². The molecule has 5 nitrogen and oxygen atoms in total. The number of hydrogen-bond acceptors (Lipinski definition) is 3. The maximum Gasteiger partial charge on any atom is 0.277 e. The molecule has 0 radical (unpaired) electrons. The van der Waals surface area contributed by atoms with E-state index in [1.807, 2.05) is 6.92 Å². The molecule has 30 heavy (non-hydrogen) atoms. The molecule has 2 aromatic heterocycles. The fourth-order valence-electron chi connectivity index (χ4n) is 3.85. The first kappa shape index (κ1) is 19.5. The van der Waals surface area contributed by atoms with E-state index >= 15 is 0 Å². The second kappa shape index (κ2) is 7.23. The van der Waals surface area contributed by atoms with Crippen molar-refractivity contribution in [3.05, 3.63) is 81.3 Å². The van der Waals surface area contributed by atoms with E-state index in [4.69, 9.17) is 5.26 Å². The van der Waals surface area contributed by atoms with Crippen molar-refractivity contribution < 1.29 is 8.78 Å². The Morgan fingerprint density at radius 2 is 1.83 bits per heavy atom. The highest BCUT2D eigenvalue weighted by Crippen LogP contribution is 2.33. The summed E-state index contributed by atoms with van der Waals surface area (Å²) in [6, 6.07) is 12.4. The van der Waals surface area contributed by atoms with Crippen molar-refractivity contribution in [2.75, 3.05) is 0 Å². The molecule has 0 amide bonds. The van der Waals surface area contributed by atoms with Crippen molar-refractivity contribution in [3.8, 4) is 28.5 Å². The Bertz CT molecular complexity index is 1390. The van der Waals surface area contributed by atoms with Crippen LogP contribution in [0.5, 0.6) is 0 Å². The average molecular weight is 404 g/mol. The maximum absolute atomic E-state index is 14.7. The molecule has 0 aliphatic carbocycles. The van der Waals surface area contributed by atoms with Gasteiger partial charge >= 0.3 is 0 Å². The van der Waals surface area contributed by atoms with Crippen LogP contribution in [0.1, 0.15) is 23.7 Å². The highest BCUT2D eigenvalue weighted by Gasteiger charge is 2.23. The summed E-state index contributed by atoms with van der Waals surface area (Å²) in [5, 5.41) is 13.5. The predicted octanol–water partition coefficient (Wildman–Crippen LogP) is 4.39. The largest absolute Gasteiger partial charge is 0.328 e. The molecule has 0 bridgehead atoms. The number of benzene rings is 2. The van der Waals surface area contributed by atoms with Crippen LogP contribution in [0.4, 0.5) is 8.78 Å². The third kappa shape index (κ3) is 2.89. The van der Waals surface area contributed by atoms with Crippen molar-refractivity contribution in [3.63, 3.8) is 0 Å². The summed E-state index contributed by atoms with van der Waals surface area (Å²) in [5.74, 6) is -1.39. The molecule has 0 fully saturated rings. The SMILES string of the molecule is CCc1nn2c(=O)c(C)c(-c3ccc(C#N)cc3)n(C)c2c1-c1ccc(F)cc1F. The lowest BCUT2D eigenvalue weighted by Crippen LogP contribution is -2.22. The second-order valence-corrected chi connectivity index (χ2v) is 7.06. The minimum Gasteiger partial charge on any atom is -0.328 e. The van der Waals surface area contributed by atoms with Crippen LogP contribution in [0.3, 0.4) is 0 Å². The highest BCUT2D eigenvalue weighted by atomic mass is 19.1. The maximum atomic E-state index is 14.7. The van der Waals surface area contributed by atoms with Gasteiger partial charge < -0.3 is 4.57 Å². The zero-order chi connectivity index (χ0) is 21.6. The van der Waals surface area contributed by atoms with Gasteiger partial charge in [0.1, 0.15) is 17.3 Å². The normalized spacial score (nSPS) is 11.1. The molecule has 2 heterocycles. The molecular formula is C23H18F2N4O. The Morgan fingerprint density at radius 3 is 2.43 bits per heavy atom. The number of nitrogens with zero attached hydrogens (tertiary/aromatic N) is 4. The summed E-state index contributed by atoms with van der Waals surface area (Å²) in [6.07, 6.45) is 0.471. The third-order valence-corrected chi connectivity index (χ3v) is 5.28.